The summed E-state index contributed by atoms with van der Waals surface area (Å²) in [6.45, 7) is 0. The van der Waals surface area contributed by atoms with Crippen LogP contribution in [0.4, 0.5) is 0 Å². The largest absolute Gasteiger partial charge is 0.478 e. The number of hydrogen-bond donors (Lipinski definition) is 1. The molecule has 0 aliphatic carbocycles. The Morgan fingerprint density at radius 3 is 2.61 bits per heavy atom. The Morgan fingerprint density at radius 2 is 1.89 bits per heavy atom. The molecule has 1 N–H and O–H groups in total. The van der Waals surface area contributed by atoms with Crippen LogP contribution in [-0.2, 0) is 0 Å². The van der Waals surface area contributed by atoms with E-state index in [-0.39, 0.29) is 12.0 Å². The molecule has 0 radical (unpaired) electrons. The third-order valence-electron chi connectivity index (χ3n) is 2.54. The van der Waals surface area contributed by atoms with Crippen molar-refractivity contribution in [2.24, 2.45) is 0 Å². The molecule has 0 fully saturated rings. The molecule has 3 heteroatoms. The molecule has 2 aromatic rings. The van der Waals surface area contributed by atoms with E-state index in [4.69, 9.17) is 10.4 Å². The van der Waals surface area contributed by atoms with Gasteiger partial charge in [-0.3, -0.25) is 0 Å². The van der Waals surface area contributed by atoms with Gasteiger partial charge >= 0.3 is 5.97 Å². The molecular weight excluding hydrogens is 226 g/mol. The van der Waals surface area contributed by atoms with Gasteiger partial charge in [-0.15, -0.1) is 0 Å². The van der Waals surface area contributed by atoms with E-state index in [1.54, 1.807) is 24.3 Å². The van der Waals surface area contributed by atoms with Gasteiger partial charge in [-0.2, -0.15) is 5.26 Å². The van der Waals surface area contributed by atoms with Crippen molar-refractivity contribution < 1.29 is 9.90 Å². The summed E-state index contributed by atoms with van der Waals surface area (Å²) in [7, 11) is 0. The lowest BCUT2D eigenvalue weighted by molar-refractivity contribution is 0.0699. The molecule has 0 aliphatic heterocycles. The van der Waals surface area contributed by atoms with Crippen molar-refractivity contribution in [1.82, 2.24) is 0 Å². The Kier molecular flexibility index (Phi) is 3.27. The van der Waals surface area contributed by atoms with Crippen LogP contribution in [0.2, 0.25) is 0 Å². The van der Waals surface area contributed by atoms with Crippen molar-refractivity contribution in [2.75, 3.05) is 0 Å². The van der Waals surface area contributed by atoms with Crippen LogP contribution < -0.4 is 0 Å². The molecule has 0 unspecified atom stereocenters. The molecule has 2 aromatic carbocycles. The van der Waals surface area contributed by atoms with Gasteiger partial charge in [0.2, 0.25) is 0 Å². The van der Waals surface area contributed by atoms with Crippen LogP contribution in [-0.4, -0.2) is 11.1 Å². The highest BCUT2D eigenvalue weighted by Crippen LogP contribution is 2.22. The van der Waals surface area contributed by atoms with E-state index < -0.39 is 5.97 Å². The number of carboxylic acid groups (broad SMARTS) is 1. The predicted molar refractivity (Wildman–Crippen MR) is 68.0 cm³/mol. The number of aromatic carboxylic acids is 1. The Labute approximate surface area is 104 Å². The lowest BCUT2D eigenvalue weighted by atomic mass is 10.0. The first-order valence-corrected chi connectivity index (χ1v) is 5.35. The first-order chi connectivity index (χ1) is 8.74. The molecule has 0 heterocycles. The van der Waals surface area contributed by atoms with Crippen molar-refractivity contribution in [2.45, 2.75) is 6.42 Å². The average Bonchev–Trinajstić information content (AvgIpc) is 2.38. The number of nitriles is 1. The third-order valence-corrected chi connectivity index (χ3v) is 2.54. The molecule has 0 atom stereocenters. The maximum atomic E-state index is 11.1. The van der Waals surface area contributed by atoms with Gasteiger partial charge in [-0.05, 0) is 22.9 Å². The zero-order valence-corrected chi connectivity index (χ0v) is 9.47. The van der Waals surface area contributed by atoms with E-state index in [2.05, 4.69) is 11.8 Å². The van der Waals surface area contributed by atoms with Gasteiger partial charge < -0.3 is 5.11 Å². The Hall–Kier alpha value is -2.78. The van der Waals surface area contributed by atoms with Crippen molar-refractivity contribution in [1.29, 1.82) is 5.26 Å². The predicted octanol–water partition coefficient (Wildman–Crippen LogP) is 2.80. The summed E-state index contributed by atoms with van der Waals surface area (Å²) in [6.07, 6.45) is 0.162. The van der Waals surface area contributed by atoms with Gasteiger partial charge in [0.1, 0.15) is 0 Å². The Bertz CT molecular complexity index is 715. The molecule has 3 nitrogen and oxygen atoms in total. The van der Waals surface area contributed by atoms with E-state index >= 15 is 0 Å². The van der Waals surface area contributed by atoms with Crippen LogP contribution in [0.25, 0.3) is 10.8 Å². The third kappa shape index (κ3) is 2.16. The van der Waals surface area contributed by atoms with E-state index in [1.165, 1.54) is 0 Å². The first kappa shape index (κ1) is 11.7. The van der Waals surface area contributed by atoms with Gasteiger partial charge in [0.15, 0.2) is 0 Å². The highest BCUT2D eigenvalue weighted by molar-refractivity contribution is 6.05. The van der Waals surface area contributed by atoms with Crippen molar-refractivity contribution >= 4 is 16.7 Å². The number of hydrogen-bond acceptors (Lipinski definition) is 2. The summed E-state index contributed by atoms with van der Waals surface area (Å²) < 4.78 is 0. The summed E-state index contributed by atoms with van der Waals surface area (Å²) in [5.41, 5.74) is 1.00. The normalized spacial score (nSPS) is 9.28. The molecule has 0 aromatic heterocycles. The summed E-state index contributed by atoms with van der Waals surface area (Å²) in [6, 6.07) is 12.4. The summed E-state index contributed by atoms with van der Waals surface area (Å²) in [4.78, 5) is 11.1. The van der Waals surface area contributed by atoms with Gasteiger partial charge in [0.25, 0.3) is 0 Å². The van der Waals surface area contributed by atoms with E-state index in [0.717, 1.165) is 10.9 Å². The Balaban J connectivity index is 2.66. The van der Waals surface area contributed by atoms with Gasteiger partial charge in [-0.1, -0.05) is 36.1 Å². The summed E-state index contributed by atoms with van der Waals surface area (Å²) >= 11 is 0. The average molecular weight is 235 g/mol. The molecule has 0 spiro atoms. The second kappa shape index (κ2) is 5.03. The summed E-state index contributed by atoms with van der Waals surface area (Å²) in [5, 5.41) is 19.0. The topological polar surface area (TPSA) is 61.1 Å². The molecule has 18 heavy (non-hydrogen) atoms. The standard InChI is InChI=1S/C15H9NO2/c16-10-2-1-5-11-6-3-8-13-12(11)7-4-9-14(13)15(17)18/h3-4,6-9H,2H2,(H,17,18). The van der Waals surface area contributed by atoms with Crippen molar-refractivity contribution in [3.05, 3.63) is 47.5 Å². The maximum absolute atomic E-state index is 11.1. The van der Waals surface area contributed by atoms with Crippen molar-refractivity contribution in [3.8, 4) is 17.9 Å². The van der Waals surface area contributed by atoms with Gasteiger partial charge in [0, 0.05) is 5.56 Å². The fraction of sp³-hybridized carbons (Fsp3) is 0.0667. The monoisotopic (exact) mass is 235 g/mol. The lowest BCUT2D eigenvalue weighted by Crippen LogP contribution is -1.97. The van der Waals surface area contributed by atoms with Gasteiger partial charge in [-0.25, -0.2) is 4.79 Å². The molecule has 2 rings (SSSR count). The lowest BCUT2D eigenvalue weighted by Gasteiger charge is -2.03. The van der Waals surface area contributed by atoms with E-state index in [0.29, 0.717) is 5.39 Å². The number of carboxylic acids is 1. The molecule has 0 saturated heterocycles. The smallest absolute Gasteiger partial charge is 0.336 e. The van der Waals surface area contributed by atoms with Crippen molar-refractivity contribution in [3.63, 3.8) is 0 Å². The van der Waals surface area contributed by atoms with E-state index in [1.807, 2.05) is 18.2 Å². The van der Waals surface area contributed by atoms with Crippen LogP contribution in [0, 0.1) is 23.2 Å². The van der Waals surface area contributed by atoms with Crippen LogP contribution in [0.1, 0.15) is 22.3 Å². The van der Waals surface area contributed by atoms with Crippen LogP contribution >= 0.6 is 0 Å². The van der Waals surface area contributed by atoms with Crippen LogP contribution in [0.15, 0.2) is 36.4 Å². The SMILES string of the molecule is N#CCC#Cc1cccc2c(C(=O)O)cccc12. The number of fused-ring (bicyclic) bond motifs is 1. The number of nitrogens with zero attached hydrogens (tertiary/aromatic N) is 1. The molecule has 0 aliphatic rings. The second-order valence-electron chi connectivity index (χ2n) is 3.65. The van der Waals surface area contributed by atoms with Crippen LogP contribution in [0.5, 0.6) is 0 Å². The molecule has 0 saturated carbocycles. The van der Waals surface area contributed by atoms with E-state index in [9.17, 15) is 4.79 Å². The minimum Gasteiger partial charge on any atom is -0.478 e. The highest BCUT2D eigenvalue weighted by Gasteiger charge is 2.08. The zero-order chi connectivity index (χ0) is 13.0. The maximum Gasteiger partial charge on any atom is 0.336 e. The summed E-state index contributed by atoms with van der Waals surface area (Å²) in [5.74, 6) is 4.67. The fourth-order valence-corrected chi connectivity index (χ4v) is 1.78. The Morgan fingerprint density at radius 1 is 1.17 bits per heavy atom. The van der Waals surface area contributed by atoms with Gasteiger partial charge in [0.05, 0.1) is 18.1 Å². The second-order valence-corrected chi connectivity index (χ2v) is 3.65. The first-order valence-electron chi connectivity index (χ1n) is 5.35. The number of carbonyl (C=O) groups is 1. The molecule has 0 amide bonds. The number of benzene rings is 2. The highest BCUT2D eigenvalue weighted by atomic mass is 16.4. The van der Waals surface area contributed by atoms with Crippen LogP contribution in [0.3, 0.4) is 0 Å². The number of rotatable bonds is 1. The fourth-order valence-electron chi connectivity index (χ4n) is 1.78. The molecule has 0 bridgehead atoms. The minimum atomic E-state index is -0.956. The minimum absolute atomic E-state index is 0.162. The quantitative estimate of drug-likeness (QED) is 0.773. The zero-order valence-electron chi connectivity index (χ0n) is 9.47. The molecule has 86 valence electrons. The molecular formula is C15H9NO2.